The lowest BCUT2D eigenvalue weighted by Crippen LogP contribution is -2.30. The Morgan fingerprint density at radius 2 is 2.44 bits per heavy atom. The Hall–Kier alpha value is -1.32. The molecule has 0 aliphatic carbocycles. The lowest BCUT2D eigenvalue weighted by molar-refractivity contribution is -0.612. The Morgan fingerprint density at radius 3 is 2.89 bits per heavy atom. The Bertz CT molecular complexity index is 223. The summed E-state index contributed by atoms with van der Waals surface area (Å²) in [7, 11) is 0. The molecule has 1 aromatic rings. The molecule has 0 unspecified atom stereocenters. The largest absolute Gasteiger partial charge is 0.618 e. The molecule has 0 aliphatic heterocycles. The number of nitrogens with two attached hydrogens (primary N) is 1. The second-order valence-electron chi connectivity index (χ2n) is 1.78. The molecule has 9 heavy (non-hydrogen) atoms. The van der Waals surface area contributed by atoms with Gasteiger partial charge < -0.3 is 10.9 Å². The summed E-state index contributed by atoms with van der Waals surface area (Å²) in [5.41, 5.74) is 5.74. The maximum atomic E-state index is 10.6. The highest BCUT2D eigenvalue weighted by Gasteiger charge is 1.96. The average Bonchev–Trinajstić information content (AvgIpc) is 1.80. The zero-order valence-corrected chi connectivity index (χ0v) is 5.03. The van der Waals surface area contributed by atoms with E-state index >= 15 is 0 Å². The number of aryl methyl sites for hydroxylation is 1. The van der Waals surface area contributed by atoms with Crippen molar-refractivity contribution >= 4 is 5.82 Å². The molecule has 1 aromatic heterocycles. The minimum Gasteiger partial charge on any atom is -0.618 e. The molecule has 0 radical (unpaired) electrons. The van der Waals surface area contributed by atoms with Crippen LogP contribution in [0.5, 0.6) is 0 Å². The van der Waals surface area contributed by atoms with Crippen molar-refractivity contribution in [3.63, 3.8) is 0 Å². The highest BCUT2D eigenvalue weighted by molar-refractivity contribution is 5.19. The van der Waals surface area contributed by atoms with E-state index in [9.17, 15) is 5.21 Å². The topological polar surface area (TPSA) is 65.8 Å². The minimum absolute atomic E-state index is 0.246. The number of aromatic nitrogens is 2. The van der Waals surface area contributed by atoms with Crippen LogP contribution in [0.4, 0.5) is 5.82 Å². The van der Waals surface area contributed by atoms with Crippen LogP contribution in [0.15, 0.2) is 12.4 Å². The molecular formula is C5H7N3O. The molecule has 2 N–H and O–H groups in total. The molecule has 0 atom stereocenters. The fourth-order valence-corrected chi connectivity index (χ4v) is 0.480. The predicted octanol–water partition coefficient (Wildman–Crippen LogP) is -0.394. The minimum atomic E-state index is 0.246. The summed E-state index contributed by atoms with van der Waals surface area (Å²) in [6.07, 6.45) is 2.66. The number of rotatable bonds is 0. The maximum Gasteiger partial charge on any atom is 0.222 e. The van der Waals surface area contributed by atoms with Crippen molar-refractivity contribution in [2.24, 2.45) is 0 Å². The lowest BCUT2D eigenvalue weighted by Gasteiger charge is -1.97. The van der Waals surface area contributed by atoms with Crippen LogP contribution in [-0.4, -0.2) is 4.98 Å². The standard InChI is InChI=1S/C5H7N3O/c1-4-2-7-5(6)3-8(4)9/h2-3H,1H3,(H2,6,7). The third-order valence-corrected chi connectivity index (χ3v) is 0.998. The molecule has 0 bridgehead atoms. The lowest BCUT2D eigenvalue weighted by atomic mass is 10.5. The molecule has 0 aliphatic rings. The van der Waals surface area contributed by atoms with E-state index in [-0.39, 0.29) is 5.82 Å². The van der Waals surface area contributed by atoms with E-state index in [1.165, 1.54) is 12.4 Å². The molecule has 0 spiro atoms. The van der Waals surface area contributed by atoms with E-state index in [1.54, 1.807) is 6.92 Å². The Labute approximate surface area is 52.5 Å². The van der Waals surface area contributed by atoms with Gasteiger partial charge in [0.25, 0.3) is 0 Å². The van der Waals surface area contributed by atoms with Gasteiger partial charge in [-0.3, -0.25) is 0 Å². The van der Waals surface area contributed by atoms with E-state index in [0.717, 1.165) is 0 Å². The van der Waals surface area contributed by atoms with Crippen molar-refractivity contribution in [2.45, 2.75) is 6.92 Å². The summed E-state index contributed by atoms with van der Waals surface area (Å²) >= 11 is 0. The number of nitrogen functional groups attached to an aromatic ring is 1. The molecule has 0 saturated carbocycles. The molecule has 4 heteroatoms. The fourth-order valence-electron chi connectivity index (χ4n) is 0.480. The molecule has 0 saturated heterocycles. The van der Waals surface area contributed by atoms with Gasteiger partial charge >= 0.3 is 0 Å². The summed E-state index contributed by atoms with van der Waals surface area (Å²) in [6.45, 7) is 1.67. The molecule has 1 rings (SSSR count). The summed E-state index contributed by atoms with van der Waals surface area (Å²) in [5, 5.41) is 10.6. The third kappa shape index (κ3) is 1.07. The fraction of sp³-hybridized carbons (Fsp3) is 0.200. The van der Waals surface area contributed by atoms with Gasteiger partial charge in [-0.1, -0.05) is 0 Å². The zero-order chi connectivity index (χ0) is 6.85. The summed E-state index contributed by atoms with van der Waals surface area (Å²) in [6, 6.07) is 0. The van der Waals surface area contributed by atoms with Gasteiger partial charge in [-0.15, -0.1) is 0 Å². The van der Waals surface area contributed by atoms with Crippen molar-refractivity contribution in [1.82, 2.24) is 4.98 Å². The molecule has 0 amide bonds. The average molecular weight is 125 g/mol. The number of hydrogen-bond donors (Lipinski definition) is 1. The van der Waals surface area contributed by atoms with E-state index in [0.29, 0.717) is 10.4 Å². The van der Waals surface area contributed by atoms with Crippen LogP contribution in [0, 0.1) is 12.1 Å². The van der Waals surface area contributed by atoms with Gasteiger partial charge in [0.2, 0.25) is 11.9 Å². The number of hydrogen-bond acceptors (Lipinski definition) is 3. The van der Waals surface area contributed by atoms with Gasteiger partial charge in [0.05, 0.1) is 6.20 Å². The Morgan fingerprint density at radius 1 is 1.78 bits per heavy atom. The first kappa shape index (κ1) is 5.81. The van der Waals surface area contributed by atoms with Crippen LogP contribution in [0.3, 0.4) is 0 Å². The van der Waals surface area contributed by atoms with Crippen LogP contribution < -0.4 is 10.5 Å². The van der Waals surface area contributed by atoms with Crippen LogP contribution in [-0.2, 0) is 0 Å². The molecule has 48 valence electrons. The van der Waals surface area contributed by atoms with Crippen LogP contribution in [0.25, 0.3) is 0 Å². The second kappa shape index (κ2) is 1.89. The first-order chi connectivity index (χ1) is 4.20. The van der Waals surface area contributed by atoms with Crippen molar-refractivity contribution in [3.05, 3.63) is 23.3 Å². The van der Waals surface area contributed by atoms with Gasteiger partial charge in [-0.2, -0.15) is 4.73 Å². The predicted molar refractivity (Wildman–Crippen MR) is 32.3 cm³/mol. The molecular weight excluding hydrogens is 118 g/mol. The van der Waals surface area contributed by atoms with Gasteiger partial charge in [0.15, 0.2) is 5.82 Å². The van der Waals surface area contributed by atoms with Gasteiger partial charge in [-0.25, -0.2) is 4.98 Å². The van der Waals surface area contributed by atoms with Crippen molar-refractivity contribution in [2.75, 3.05) is 5.73 Å². The maximum absolute atomic E-state index is 10.6. The number of nitrogens with zero attached hydrogens (tertiary/aromatic N) is 2. The summed E-state index contributed by atoms with van der Waals surface area (Å²) in [4.78, 5) is 3.70. The van der Waals surface area contributed by atoms with Crippen molar-refractivity contribution < 1.29 is 4.73 Å². The van der Waals surface area contributed by atoms with Gasteiger partial charge in [0, 0.05) is 6.92 Å². The van der Waals surface area contributed by atoms with E-state index in [2.05, 4.69) is 4.98 Å². The zero-order valence-electron chi connectivity index (χ0n) is 5.03. The smallest absolute Gasteiger partial charge is 0.222 e. The quantitative estimate of drug-likeness (QED) is 0.379. The van der Waals surface area contributed by atoms with E-state index in [4.69, 9.17) is 5.73 Å². The Balaban J connectivity index is 3.17. The van der Waals surface area contributed by atoms with Crippen LogP contribution in [0.1, 0.15) is 5.69 Å². The number of anilines is 1. The Kier molecular flexibility index (Phi) is 1.22. The molecule has 1 heterocycles. The first-order valence-corrected chi connectivity index (χ1v) is 2.51. The third-order valence-electron chi connectivity index (χ3n) is 0.998. The van der Waals surface area contributed by atoms with Gasteiger partial charge in [0.1, 0.15) is 0 Å². The highest BCUT2D eigenvalue weighted by Crippen LogP contribution is 1.89. The molecule has 0 fully saturated rings. The molecule has 0 aromatic carbocycles. The normalized spacial score (nSPS) is 9.44. The highest BCUT2D eigenvalue weighted by atomic mass is 16.5. The second-order valence-corrected chi connectivity index (χ2v) is 1.78. The van der Waals surface area contributed by atoms with E-state index < -0.39 is 0 Å². The summed E-state index contributed by atoms with van der Waals surface area (Å²) in [5.74, 6) is 0.246. The van der Waals surface area contributed by atoms with Crippen molar-refractivity contribution in [3.8, 4) is 0 Å². The summed E-state index contributed by atoms with van der Waals surface area (Å²) < 4.78 is 0.683. The van der Waals surface area contributed by atoms with Crippen molar-refractivity contribution in [1.29, 1.82) is 0 Å². The van der Waals surface area contributed by atoms with Crippen LogP contribution >= 0.6 is 0 Å². The first-order valence-electron chi connectivity index (χ1n) is 2.51. The monoisotopic (exact) mass is 125 g/mol. The molecule has 4 nitrogen and oxygen atoms in total. The van der Waals surface area contributed by atoms with E-state index in [1.807, 2.05) is 0 Å². The van der Waals surface area contributed by atoms with Crippen LogP contribution in [0.2, 0.25) is 0 Å². The van der Waals surface area contributed by atoms with Gasteiger partial charge in [-0.05, 0) is 0 Å². The SMILES string of the molecule is Cc1cnc(N)c[n+]1[O-].